The van der Waals surface area contributed by atoms with Crippen LogP contribution in [0.2, 0.25) is 0 Å². The Hall–Kier alpha value is -0.120. The van der Waals surface area contributed by atoms with Gasteiger partial charge in [-0.25, -0.2) is 4.39 Å². The van der Waals surface area contributed by atoms with Crippen LogP contribution in [0.5, 0.6) is 0 Å². The average Bonchev–Trinajstić information content (AvgIpc) is 2.19. The van der Waals surface area contributed by atoms with Gasteiger partial charge in [-0.2, -0.15) is 0 Å². The Bertz CT molecular complexity index is 319. The first-order valence-electron chi connectivity index (χ1n) is 4.81. The number of hydrogen-bond acceptors (Lipinski definition) is 1. The van der Waals surface area contributed by atoms with E-state index >= 15 is 0 Å². The summed E-state index contributed by atoms with van der Waals surface area (Å²) < 4.78 is 14.1. The second-order valence-electron chi connectivity index (χ2n) is 3.42. The first kappa shape index (κ1) is 12.9. The van der Waals surface area contributed by atoms with Crippen LogP contribution >= 0.6 is 27.5 Å². The summed E-state index contributed by atoms with van der Waals surface area (Å²) in [5.41, 5.74) is 0.542. The number of aliphatic hydroxyl groups excluding tert-OH is 1. The van der Waals surface area contributed by atoms with E-state index in [1.165, 1.54) is 6.07 Å². The van der Waals surface area contributed by atoms with Gasteiger partial charge in [0.25, 0.3) is 0 Å². The molecule has 0 heterocycles. The molecule has 84 valence electrons. The second kappa shape index (κ2) is 6.46. The molecule has 0 aliphatic rings. The highest BCUT2D eigenvalue weighted by Gasteiger charge is 2.09. The number of rotatable bonds is 5. The van der Waals surface area contributed by atoms with Gasteiger partial charge in [0.2, 0.25) is 0 Å². The maximum atomic E-state index is 13.4. The Morgan fingerprint density at radius 2 is 2.20 bits per heavy atom. The zero-order valence-corrected chi connectivity index (χ0v) is 10.6. The van der Waals surface area contributed by atoms with Crippen molar-refractivity contribution in [2.75, 3.05) is 5.88 Å². The second-order valence-corrected chi connectivity index (χ2v) is 4.72. The van der Waals surface area contributed by atoms with Gasteiger partial charge in [-0.3, -0.25) is 0 Å². The molecule has 1 aromatic carbocycles. The zero-order valence-electron chi connectivity index (χ0n) is 8.22. The van der Waals surface area contributed by atoms with Gasteiger partial charge in [-0.1, -0.05) is 22.0 Å². The molecule has 4 heteroatoms. The molecule has 0 bridgehead atoms. The Balaban J connectivity index is 2.56. The lowest BCUT2D eigenvalue weighted by molar-refractivity contribution is 0.163. The Morgan fingerprint density at radius 3 is 2.80 bits per heavy atom. The molecule has 0 spiro atoms. The van der Waals surface area contributed by atoms with E-state index in [1.807, 2.05) is 0 Å². The zero-order chi connectivity index (χ0) is 11.3. The van der Waals surface area contributed by atoms with Crippen molar-refractivity contribution in [2.45, 2.75) is 25.4 Å². The molecule has 0 aliphatic carbocycles. The third-order valence-corrected chi connectivity index (χ3v) is 2.90. The van der Waals surface area contributed by atoms with Gasteiger partial charge in [-0.05, 0) is 30.5 Å². The highest BCUT2D eigenvalue weighted by Crippen LogP contribution is 2.17. The van der Waals surface area contributed by atoms with Crippen LogP contribution in [0.25, 0.3) is 0 Å². The summed E-state index contributed by atoms with van der Waals surface area (Å²) >= 11 is 8.69. The van der Waals surface area contributed by atoms with Crippen LogP contribution in [0.3, 0.4) is 0 Å². The van der Waals surface area contributed by atoms with Crippen LogP contribution in [-0.2, 0) is 6.42 Å². The standard InChI is InChI=1S/C11H13BrClFO/c12-9-4-3-8(11(14)7-9)6-10(15)2-1-5-13/h3-4,7,10,15H,1-2,5-6H2. The van der Waals surface area contributed by atoms with Crippen molar-refractivity contribution >= 4 is 27.5 Å². The van der Waals surface area contributed by atoms with Crippen molar-refractivity contribution in [3.63, 3.8) is 0 Å². The van der Waals surface area contributed by atoms with Gasteiger partial charge in [0.05, 0.1) is 6.10 Å². The maximum Gasteiger partial charge on any atom is 0.127 e. The van der Waals surface area contributed by atoms with E-state index in [1.54, 1.807) is 12.1 Å². The molecule has 15 heavy (non-hydrogen) atoms. The van der Waals surface area contributed by atoms with Crippen molar-refractivity contribution in [1.82, 2.24) is 0 Å². The van der Waals surface area contributed by atoms with Crippen molar-refractivity contribution in [2.24, 2.45) is 0 Å². The van der Waals surface area contributed by atoms with Gasteiger partial charge in [-0.15, -0.1) is 11.6 Å². The maximum absolute atomic E-state index is 13.4. The third kappa shape index (κ3) is 4.49. The summed E-state index contributed by atoms with van der Waals surface area (Å²) in [6, 6.07) is 4.86. The van der Waals surface area contributed by atoms with Crippen LogP contribution in [-0.4, -0.2) is 17.1 Å². The summed E-state index contributed by atoms with van der Waals surface area (Å²) in [6.07, 6.45) is 1.19. The van der Waals surface area contributed by atoms with E-state index in [-0.39, 0.29) is 5.82 Å². The first-order valence-corrected chi connectivity index (χ1v) is 6.14. The average molecular weight is 296 g/mol. The summed E-state index contributed by atoms with van der Waals surface area (Å²) in [6.45, 7) is 0. The summed E-state index contributed by atoms with van der Waals surface area (Å²) in [5, 5.41) is 9.59. The fraction of sp³-hybridized carbons (Fsp3) is 0.455. The number of aliphatic hydroxyl groups is 1. The monoisotopic (exact) mass is 294 g/mol. The molecular formula is C11H13BrClFO. The molecule has 0 fully saturated rings. The van der Waals surface area contributed by atoms with Crippen LogP contribution < -0.4 is 0 Å². The quantitative estimate of drug-likeness (QED) is 0.824. The van der Waals surface area contributed by atoms with E-state index < -0.39 is 6.10 Å². The Labute approximate surface area is 102 Å². The van der Waals surface area contributed by atoms with E-state index in [0.717, 1.165) is 6.42 Å². The SMILES string of the molecule is OC(CCCCl)Cc1ccc(Br)cc1F. The number of benzene rings is 1. The number of hydrogen-bond donors (Lipinski definition) is 1. The fourth-order valence-corrected chi connectivity index (χ4v) is 1.84. The van der Waals surface area contributed by atoms with Gasteiger partial charge in [0.1, 0.15) is 5.82 Å². The molecule has 0 radical (unpaired) electrons. The fourth-order valence-electron chi connectivity index (χ4n) is 1.36. The summed E-state index contributed by atoms with van der Waals surface area (Å²) in [7, 11) is 0. The molecular weight excluding hydrogens is 282 g/mol. The molecule has 0 saturated heterocycles. The molecule has 0 aliphatic heterocycles. The largest absolute Gasteiger partial charge is 0.393 e. The Kier molecular flexibility index (Phi) is 5.58. The molecule has 0 saturated carbocycles. The normalized spacial score (nSPS) is 12.8. The lowest BCUT2D eigenvalue weighted by Gasteiger charge is -2.10. The molecule has 1 unspecified atom stereocenters. The van der Waals surface area contributed by atoms with Gasteiger partial charge >= 0.3 is 0 Å². The van der Waals surface area contributed by atoms with Gasteiger partial charge in [0.15, 0.2) is 0 Å². The van der Waals surface area contributed by atoms with Crippen LogP contribution in [0.15, 0.2) is 22.7 Å². The number of halogens is 3. The highest BCUT2D eigenvalue weighted by atomic mass is 79.9. The predicted octanol–water partition coefficient (Wildman–Crippen LogP) is 3.51. The van der Waals surface area contributed by atoms with Crippen molar-refractivity contribution in [1.29, 1.82) is 0 Å². The van der Waals surface area contributed by atoms with E-state index in [9.17, 15) is 9.50 Å². The molecule has 0 aromatic heterocycles. The predicted molar refractivity (Wildman–Crippen MR) is 63.8 cm³/mol. The lowest BCUT2D eigenvalue weighted by atomic mass is 10.0. The lowest BCUT2D eigenvalue weighted by Crippen LogP contribution is -2.11. The van der Waals surface area contributed by atoms with E-state index in [2.05, 4.69) is 15.9 Å². The van der Waals surface area contributed by atoms with E-state index in [0.29, 0.717) is 28.8 Å². The molecule has 0 amide bonds. The highest BCUT2D eigenvalue weighted by molar-refractivity contribution is 9.10. The Morgan fingerprint density at radius 1 is 1.47 bits per heavy atom. The topological polar surface area (TPSA) is 20.2 Å². The number of alkyl halides is 1. The van der Waals surface area contributed by atoms with Crippen LogP contribution in [0.1, 0.15) is 18.4 Å². The summed E-state index contributed by atoms with van der Waals surface area (Å²) in [5.74, 6) is 0.245. The van der Waals surface area contributed by atoms with E-state index in [4.69, 9.17) is 11.6 Å². The third-order valence-electron chi connectivity index (χ3n) is 2.14. The van der Waals surface area contributed by atoms with Crippen LogP contribution in [0.4, 0.5) is 4.39 Å². The molecule has 1 aromatic rings. The van der Waals surface area contributed by atoms with Gasteiger partial charge < -0.3 is 5.11 Å². The van der Waals surface area contributed by atoms with Gasteiger partial charge in [0, 0.05) is 16.8 Å². The van der Waals surface area contributed by atoms with Crippen molar-refractivity contribution < 1.29 is 9.50 Å². The van der Waals surface area contributed by atoms with Crippen molar-refractivity contribution in [3.8, 4) is 0 Å². The van der Waals surface area contributed by atoms with Crippen LogP contribution in [0, 0.1) is 5.82 Å². The van der Waals surface area contributed by atoms with Crippen molar-refractivity contribution in [3.05, 3.63) is 34.1 Å². The molecule has 1 rings (SSSR count). The minimum atomic E-state index is -0.514. The molecule has 1 N–H and O–H groups in total. The molecule has 1 atom stereocenters. The minimum Gasteiger partial charge on any atom is -0.393 e. The smallest absolute Gasteiger partial charge is 0.127 e. The summed E-state index contributed by atoms with van der Waals surface area (Å²) in [4.78, 5) is 0. The minimum absolute atomic E-state index is 0.283. The molecule has 1 nitrogen and oxygen atoms in total. The first-order chi connectivity index (χ1) is 7.13.